The Balaban J connectivity index is 2.55. The number of ether oxygens (including phenoxy) is 1. The minimum atomic E-state index is -0.370. The summed E-state index contributed by atoms with van der Waals surface area (Å²) < 4.78 is 8.21. The summed E-state index contributed by atoms with van der Waals surface area (Å²) in [5, 5.41) is 12.2. The molecule has 6 nitrogen and oxygen atoms in total. The van der Waals surface area contributed by atoms with E-state index < -0.39 is 0 Å². The fraction of sp³-hybridized carbons (Fsp3) is 0.476. The van der Waals surface area contributed by atoms with Crippen LogP contribution in [-0.2, 0) is 12.0 Å². The van der Waals surface area contributed by atoms with Crippen molar-refractivity contribution >= 4 is 23.2 Å². The molecule has 0 fully saturated rings. The Morgan fingerprint density at radius 2 is 2.04 bits per heavy atom. The van der Waals surface area contributed by atoms with Crippen LogP contribution in [0.5, 0.6) is 5.75 Å². The summed E-state index contributed by atoms with van der Waals surface area (Å²) in [6.45, 7) is 10.2. The van der Waals surface area contributed by atoms with Crippen molar-refractivity contribution in [1.82, 2.24) is 3.96 Å². The molecule has 152 valence electrons. The second kappa shape index (κ2) is 9.19. The minimum Gasteiger partial charge on any atom is -0.496 e. The molecule has 0 saturated heterocycles. The monoisotopic (exact) mass is 403 g/mol. The van der Waals surface area contributed by atoms with Crippen molar-refractivity contribution in [2.45, 2.75) is 59.4 Å². The Bertz CT molecular complexity index is 933. The van der Waals surface area contributed by atoms with Crippen molar-refractivity contribution in [3.8, 4) is 5.75 Å². The largest absolute Gasteiger partial charge is 0.496 e. The number of hydrogen-bond donors (Lipinski definition) is 1. The number of amides is 1. The lowest BCUT2D eigenvalue weighted by Gasteiger charge is -2.19. The van der Waals surface area contributed by atoms with Crippen molar-refractivity contribution in [3.05, 3.63) is 45.8 Å². The maximum Gasteiger partial charge on any atom is 0.282 e. The molecule has 0 bridgehead atoms. The predicted molar refractivity (Wildman–Crippen MR) is 113 cm³/mol. The normalized spacial score (nSPS) is 13.1. The smallest absolute Gasteiger partial charge is 0.282 e. The number of nitrogens with zero attached hydrogens (tertiary/aromatic N) is 3. The van der Waals surface area contributed by atoms with Crippen LogP contribution in [0.15, 0.2) is 34.5 Å². The Kier molecular flexibility index (Phi) is 7.18. The van der Waals surface area contributed by atoms with Gasteiger partial charge in [-0.1, -0.05) is 18.5 Å². The van der Waals surface area contributed by atoms with Gasteiger partial charge in [-0.15, -0.1) is 0 Å². The van der Waals surface area contributed by atoms with E-state index in [1.807, 2.05) is 0 Å². The van der Waals surface area contributed by atoms with E-state index in [0.717, 1.165) is 29.5 Å². The maximum absolute atomic E-state index is 13.0. The molecular formula is C21H29N3O3S. The van der Waals surface area contributed by atoms with Crippen LogP contribution in [0.4, 0.5) is 0 Å². The van der Waals surface area contributed by atoms with E-state index in [2.05, 4.69) is 48.0 Å². The lowest BCUT2D eigenvalue weighted by Crippen LogP contribution is -2.18. The zero-order valence-corrected chi connectivity index (χ0v) is 18.3. The molecule has 0 atom stereocenters. The quantitative estimate of drug-likeness (QED) is 0.435. The highest BCUT2D eigenvalue weighted by atomic mass is 32.1. The van der Waals surface area contributed by atoms with Gasteiger partial charge in [-0.25, -0.2) is 0 Å². The highest BCUT2D eigenvalue weighted by Crippen LogP contribution is 2.22. The first-order valence-electron chi connectivity index (χ1n) is 9.39. The molecule has 7 heteroatoms. The molecule has 1 heterocycles. The highest BCUT2D eigenvalue weighted by molar-refractivity contribution is 7.04. The molecule has 0 radical (unpaired) electrons. The average molecular weight is 404 g/mol. The summed E-state index contributed by atoms with van der Waals surface area (Å²) in [5.74, 6) is 0.0729. The van der Waals surface area contributed by atoms with Gasteiger partial charge < -0.3 is 9.94 Å². The second-order valence-electron chi connectivity index (χ2n) is 7.67. The number of aryl methyl sites for hydroxylation is 1. The summed E-state index contributed by atoms with van der Waals surface area (Å²) in [7, 11) is 1.52. The van der Waals surface area contributed by atoms with E-state index in [1.165, 1.54) is 18.6 Å². The van der Waals surface area contributed by atoms with Crippen LogP contribution in [-0.4, -0.2) is 27.9 Å². The maximum atomic E-state index is 13.0. The van der Waals surface area contributed by atoms with Crippen molar-refractivity contribution in [3.63, 3.8) is 0 Å². The summed E-state index contributed by atoms with van der Waals surface area (Å²) in [6.07, 6.45) is 5.11. The fourth-order valence-corrected chi connectivity index (χ4v) is 3.68. The van der Waals surface area contributed by atoms with Gasteiger partial charge in [-0.05, 0) is 70.3 Å². The molecule has 0 spiro atoms. The van der Waals surface area contributed by atoms with Gasteiger partial charge in [0.05, 0.1) is 18.4 Å². The van der Waals surface area contributed by atoms with Crippen LogP contribution in [0.3, 0.4) is 0 Å². The number of oxime groups is 1. The molecular weight excluding hydrogens is 374 g/mol. The molecule has 0 aliphatic carbocycles. The first-order chi connectivity index (χ1) is 13.2. The summed E-state index contributed by atoms with van der Waals surface area (Å²) in [5.41, 5.74) is 2.42. The third kappa shape index (κ3) is 5.10. The van der Waals surface area contributed by atoms with Crippen molar-refractivity contribution in [2.75, 3.05) is 7.11 Å². The van der Waals surface area contributed by atoms with Gasteiger partial charge in [0.15, 0.2) is 0 Å². The summed E-state index contributed by atoms with van der Waals surface area (Å²) >= 11 is 1.49. The minimum absolute atomic E-state index is 0.0746. The Labute approximate surface area is 170 Å². The lowest BCUT2D eigenvalue weighted by atomic mass is 10.1. The van der Waals surface area contributed by atoms with Crippen LogP contribution in [0.25, 0.3) is 0 Å². The topological polar surface area (TPSA) is 76.2 Å². The van der Waals surface area contributed by atoms with Gasteiger partial charge >= 0.3 is 0 Å². The van der Waals surface area contributed by atoms with Crippen LogP contribution in [0, 0.1) is 0 Å². The number of benzene rings is 1. The molecule has 1 amide bonds. The SMILES string of the molecule is CCCCc1cn(C(C)(C)C)sc1=NC(=O)c1cc(C(C)=NO)ccc1OC. The lowest BCUT2D eigenvalue weighted by molar-refractivity contribution is 0.0996. The van der Waals surface area contributed by atoms with Crippen molar-refractivity contribution in [1.29, 1.82) is 0 Å². The third-order valence-corrected chi connectivity index (χ3v) is 5.77. The Hall–Kier alpha value is -2.41. The number of carbonyl (C=O) groups is 1. The van der Waals surface area contributed by atoms with Gasteiger partial charge in [0.25, 0.3) is 5.91 Å². The van der Waals surface area contributed by atoms with Crippen LogP contribution in [0.1, 0.15) is 68.9 Å². The molecule has 1 aromatic heterocycles. The number of rotatable bonds is 6. The standard InChI is InChI=1S/C21H29N3O3S/c1-7-8-9-16-13-24(21(3,4)5)28-20(16)22-19(25)17-12-15(14(2)23-26)10-11-18(17)27-6/h10-13,26H,7-9H2,1-6H3. The van der Waals surface area contributed by atoms with Crippen molar-refractivity contribution in [2.24, 2.45) is 10.1 Å². The molecule has 0 saturated carbocycles. The van der Waals surface area contributed by atoms with E-state index in [1.54, 1.807) is 25.1 Å². The number of methoxy groups -OCH3 is 1. The number of aromatic nitrogens is 1. The van der Waals surface area contributed by atoms with E-state index in [4.69, 9.17) is 9.94 Å². The molecule has 28 heavy (non-hydrogen) atoms. The number of hydrogen-bond acceptors (Lipinski definition) is 5. The predicted octanol–water partition coefficient (Wildman–Crippen LogP) is 4.60. The van der Waals surface area contributed by atoms with Gasteiger partial charge in [-0.3, -0.25) is 8.75 Å². The molecule has 0 unspecified atom stereocenters. The summed E-state index contributed by atoms with van der Waals surface area (Å²) in [6, 6.07) is 5.08. The molecule has 0 aliphatic heterocycles. The van der Waals surface area contributed by atoms with Gasteiger partial charge in [0.1, 0.15) is 10.4 Å². The zero-order chi connectivity index (χ0) is 20.9. The fourth-order valence-electron chi connectivity index (χ4n) is 2.65. The van der Waals surface area contributed by atoms with Gasteiger partial charge in [0.2, 0.25) is 0 Å². The number of carbonyl (C=O) groups excluding carboxylic acids is 1. The first kappa shape index (κ1) is 21.9. The molecule has 2 aromatic rings. The molecule has 0 aliphatic rings. The molecule has 1 N–H and O–H groups in total. The second-order valence-corrected chi connectivity index (χ2v) is 8.63. The summed E-state index contributed by atoms with van der Waals surface area (Å²) in [4.78, 5) is 17.4. The molecule has 2 rings (SSSR count). The Morgan fingerprint density at radius 3 is 2.61 bits per heavy atom. The highest BCUT2D eigenvalue weighted by Gasteiger charge is 2.18. The average Bonchev–Trinajstić information content (AvgIpc) is 3.08. The van der Waals surface area contributed by atoms with Gasteiger partial charge in [0, 0.05) is 22.9 Å². The van der Waals surface area contributed by atoms with Gasteiger partial charge in [-0.2, -0.15) is 4.99 Å². The van der Waals surface area contributed by atoms with Crippen molar-refractivity contribution < 1.29 is 14.7 Å². The Morgan fingerprint density at radius 1 is 1.32 bits per heavy atom. The van der Waals surface area contributed by atoms with Crippen LogP contribution < -0.4 is 9.41 Å². The van der Waals surface area contributed by atoms with Crippen LogP contribution in [0.2, 0.25) is 0 Å². The van der Waals surface area contributed by atoms with E-state index in [9.17, 15) is 4.79 Å². The number of unbranched alkanes of at least 4 members (excludes halogenated alkanes) is 1. The van der Waals surface area contributed by atoms with E-state index in [0.29, 0.717) is 22.6 Å². The molecule has 1 aromatic carbocycles. The first-order valence-corrected chi connectivity index (χ1v) is 10.2. The van der Waals surface area contributed by atoms with E-state index in [-0.39, 0.29) is 11.4 Å². The van der Waals surface area contributed by atoms with E-state index >= 15 is 0 Å². The zero-order valence-electron chi connectivity index (χ0n) is 17.4. The van der Waals surface area contributed by atoms with Crippen LogP contribution >= 0.6 is 11.5 Å². The third-order valence-electron chi connectivity index (χ3n) is 4.39.